The fourth-order valence-corrected chi connectivity index (χ4v) is 8.80. The third-order valence-electron chi connectivity index (χ3n) is 12.3. The van der Waals surface area contributed by atoms with Gasteiger partial charge in [-0.25, -0.2) is 0 Å². The van der Waals surface area contributed by atoms with Crippen LogP contribution in [-0.2, 0) is 25.7 Å². The zero-order valence-electron chi connectivity index (χ0n) is 36.6. The molecule has 0 aliphatic heterocycles. The molecule has 0 spiro atoms. The third kappa shape index (κ3) is 9.38. The second kappa shape index (κ2) is 19.5. The predicted octanol–water partition coefficient (Wildman–Crippen LogP) is 15.0. The summed E-state index contributed by atoms with van der Waals surface area (Å²) < 4.78 is 0. The number of aryl methyl sites for hydroxylation is 4. The van der Waals surface area contributed by atoms with Crippen molar-refractivity contribution in [3.8, 4) is 84.3 Å². The smallest absolute Gasteiger partial charge is 0.0998 e. The molecule has 66 heavy (non-hydrogen) atoms. The lowest BCUT2D eigenvalue weighted by Crippen LogP contribution is -1.99. The number of rotatable bonds is 13. The fraction of sp³-hybridized carbons (Fsp3) is 0.0645. The van der Waals surface area contributed by atoms with Gasteiger partial charge in [-0.3, -0.25) is 15.0 Å². The molecule has 0 fully saturated rings. The summed E-state index contributed by atoms with van der Waals surface area (Å²) in [5, 5.41) is 10.7. The molecule has 7 aromatic carbocycles. The van der Waals surface area contributed by atoms with Crippen LogP contribution in [0.3, 0.4) is 0 Å². The number of aromatic nitrogens is 3. The van der Waals surface area contributed by atoms with Crippen LogP contribution < -0.4 is 0 Å². The molecule has 4 heteroatoms. The average molecular weight is 847 g/mol. The molecule has 4 nitrogen and oxygen atoms in total. The number of hydrogen-bond acceptors (Lipinski definition) is 4. The summed E-state index contributed by atoms with van der Waals surface area (Å²) in [6.45, 7) is 0. The minimum Gasteiger partial charge on any atom is -0.256 e. The van der Waals surface area contributed by atoms with Gasteiger partial charge < -0.3 is 0 Å². The normalized spacial score (nSPS) is 11.0. The molecule has 0 aliphatic carbocycles. The van der Waals surface area contributed by atoms with Crippen LogP contribution in [-0.4, -0.2) is 15.0 Å². The molecule has 0 N–H and O–H groups in total. The molecule has 0 amide bonds. The maximum Gasteiger partial charge on any atom is 0.0998 e. The van der Waals surface area contributed by atoms with Gasteiger partial charge >= 0.3 is 0 Å². The molecular weight excluding hydrogens is 801 g/mol. The molecule has 0 radical (unpaired) electrons. The van der Waals surface area contributed by atoms with Crippen LogP contribution in [0.15, 0.2) is 231 Å². The first-order chi connectivity index (χ1) is 32.6. The van der Waals surface area contributed by atoms with Crippen molar-refractivity contribution in [2.45, 2.75) is 25.7 Å². The maximum absolute atomic E-state index is 10.7. The summed E-state index contributed by atoms with van der Waals surface area (Å²) in [7, 11) is 0. The lowest BCUT2D eigenvalue weighted by molar-refractivity contribution is 0.923. The van der Waals surface area contributed by atoms with Crippen LogP contribution >= 0.6 is 0 Å². The van der Waals surface area contributed by atoms with Gasteiger partial charge in [-0.1, -0.05) is 188 Å². The molecule has 10 rings (SSSR count). The van der Waals surface area contributed by atoms with Crippen molar-refractivity contribution in [3.05, 3.63) is 259 Å². The summed E-state index contributed by atoms with van der Waals surface area (Å²) in [6.07, 6.45) is 9.48. The van der Waals surface area contributed by atoms with Gasteiger partial charge in [0.05, 0.1) is 28.7 Å². The number of benzene rings is 7. The second-order valence-corrected chi connectivity index (χ2v) is 16.6. The number of hydrogen-bond donors (Lipinski definition) is 0. The third-order valence-corrected chi connectivity index (χ3v) is 12.3. The van der Waals surface area contributed by atoms with E-state index in [4.69, 9.17) is 15.0 Å². The average Bonchev–Trinajstić information content (AvgIpc) is 3.40. The maximum atomic E-state index is 10.7. The Kier molecular flexibility index (Phi) is 12.2. The summed E-state index contributed by atoms with van der Waals surface area (Å²) in [6, 6.07) is 76.4. The number of nitrogens with zero attached hydrogens (tertiary/aromatic N) is 4. The Hall–Kier alpha value is -8.52. The molecule has 0 bridgehead atoms. The minimum absolute atomic E-state index is 0.613. The largest absolute Gasteiger partial charge is 0.256 e. The van der Waals surface area contributed by atoms with E-state index in [0.29, 0.717) is 5.56 Å². The first kappa shape index (κ1) is 41.5. The first-order valence-corrected chi connectivity index (χ1v) is 22.5. The molecule has 0 unspecified atom stereocenters. The molecule has 10 aromatic rings. The van der Waals surface area contributed by atoms with E-state index in [1.165, 1.54) is 22.3 Å². The second-order valence-electron chi connectivity index (χ2n) is 16.6. The van der Waals surface area contributed by atoms with E-state index in [9.17, 15) is 5.26 Å². The molecular formula is C62H46N4. The Morgan fingerprint density at radius 3 is 1.27 bits per heavy atom. The molecule has 3 aromatic heterocycles. The lowest BCUT2D eigenvalue weighted by Gasteiger charge is -2.18. The number of pyridine rings is 3. The van der Waals surface area contributed by atoms with Crippen molar-refractivity contribution in [1.29, 1.82) is 5.26 Å². The van der Waals surface area contributed by atoms with Gasteiger partial charge in [0.1, 0.15) is 0 Å². The Bertz CT molecular complexity index is 3160. The quantitative estimate of drug-likeness (QED) is 0.116. The van der Waals surface area contributed by atoms with Gasteiger partial charge in [0.2, 0.25) is 0 Å². The van der Waals surface area contributed by atoms with Crippen LogP contribution in [0, 0.1) is 11.3 Å². The standard InChI is InChI=1S/C62H46N4/c63-40-54-38-52(48-15-5-1-6-16-48)31-32-56(54)58-39-62(51-21-11-4-12-22-51)66-43-59(58)57-24-14-13-23-55(57)53-36-46(27-25-44-29-33-60(64-41-44)49-17-7-2-8-18-49)35-47(37-53)28-26-45-30-34-61(65-42-45)50-19-9-3-10-20-50/h1-24,29-39,41-43H,25-28H2. The van der Waals surface area contributed by atoms with Gasteiger partial charge in [0.25, 0.3) is 0 Å². The Morgan fingerprint density at radius 2 is 0.758 bits per heavy atom. The van der Waals surface area contributed by atoms with Crippen LogP contribution in [0.1, 0.15) is 27.8 Å². The minimum atomic E-state index is 0.613. The van der Waals surface area contributed by atoms with E-state index in [1.807, 2.05) is 97.5 Å². The summed E-state index contributed by atoms with van der Waals surface area (Å²) in [5.74, 6) is 0. The lowest BCUT2D eigenvalue weighted by atomic mass is 9.86. The van der Waals surface area contributed by atoms with Gasteiger partial charge in [0.15, 0.2) is 0 Å². The van der Waals surface area contributed by atoms with Crippen molar-refractivity contribution in [1.82, 2.24) is 15.0 Å². The van der Waals surface area contributed by atoms with Crippen molar-refractivity contribution in [2.24, 2.45) is 0 Å². The highest BCUT2D eigenvalue weighted by Crippen LogP contribution is 2.42. The highest BCUT2D eigenvalue weighted by atomic mass is 14.7. The summed E-state index contributed by atoms with van der Waals surface area (Å²) in [5.41, 5.74) is 19.8. The van der Waals surface area contributed by atoms with Crippen molar-refractivity contribution < 1.29 is 0 Å². The fourth-order valence-electron chi connectivity index (χ4n) is 8.80. The van der Waals surface area contributed by atoms with Gasteiger partial charge in [-0.2, -0.15) is 5.26 Å². The first-order valence-electron chi connectivity index (χ1n) is 22.5. The Balaban J connectivity index is 1.04. The predicted molar refractivity (Wildman–Crippen MR) is 270 cm³/mol. The van der Waals surface area contributed by atoms with Crippen molar-refractivity contribution in [3.63, 3.8) is 0 Å². The highest BCUT2D eigenvalue weighted by Gasteiger charge is 2.19. The molecule has 0 aliphatic rings. The molecule has 314 valence electrons. The van der Waals surface area contributed by atoms with Crippen molar-refractivity contribution in [2.75, 3.05) is 0 Å². The van der Waals surface area contributed by atoms with E-state index >= 15 is 0 Å². The van der Waals surface area contributed by atoms with Crippen molar-refractivity contribution >= 4 is 0 Å². The van der Waals surface area contributed by atoms with Gasteiger partial charge in [-0.05, 0) is 106 Å². The molecule has 3 heterocycles. The van der Waals surface area contributed by atoms with Crippen LogP contribution in [0.5, 0.6) is 0 Å². The van der Waals surface area contributed by atoms with E-state index in [1.54, 1.807) is 0 Å². The van der Waals surface area contributed by atoms with E-state index in [0.717, 1.165) is 104 Å². The van der Waals surface area contributed by atoms with Gasteiger partial charge in [0, 0.05) is 46.4 Å². The highest BCUT2D eigenvalue weighted by molar-refractivity contribution is 5.94. The molecule has 0 saturated heterocycles. The zero-order valence-corrected chi connectivity index (χ0v) is 36.6. The monoisotopic (exact) mass is 846 g/mol. The Morgan fingerprint density at radius 1 is 0.288 bits per heavy atom. The Labute approximate surface area is 387 Å². The summed E-state index contributed by atoms with van der Waals surface area (Å²) >= 11 is 0. The molecule has 0 atom stereocenters. The van der Waals surface area contributed by atoms with E-state index < -0.39 is 0 Å². The van der Waals surface area contributed by atoms with E-state index in [-0.39, 0.29) is 0 Å². The summed E-state index contributed by atoms with van der Waals surface area (Å²) in [4.78, 5) is 14.8. The number of nitriles is 1. The van der Waals surface area contributed by atoms with Gasteiger partial charge in [-0.15, -0.1) is 0 Å². The SMILES string of the molecule is N#Cc1cc(-c2ccccc2)ccc1-c1cc(-c2ccccc2)ncc1-c1ccccc1-c1cc(CCc2ccc(-c3ccccc3)nc2)cc(CCc2ccc(-c3ccccc3)nc2)c1. The van der Waals surface area contributed by atoms with Crippen LogP contribution in [0.25, 0.3) is 78.3 Å². The topological polar surface area (TPSA) is 62.5 Å². The zero-order chi connectivity index (χ0) is 44.5. The van der Waals surface area contributed by atoms with Crippen LogP contribution in [0.4, 0.5) is 0 Å². The van der Waals surface area contributed by atoms with Crippen LogP contribution in [0.2, 0.25) is 0 Å². The molecule has 0 saturated carbocycles. The van der Waals surface area contributed by atoms with E-state index in [2.05, 4.69) is 140 Å².